The first-order valence-electron chi connectivity index (χ1n) is 8.62. The molecular formula is C18H24ClN3O2. The van der Waals surface area contributed by atoms with E-state index in [-0.39, 0.29) is 23.8 Å². The normalized spacial score (nSPS) is 24.8. The molecule has 0 aliphatic carbocycles. The Hall–Kier alpha value is -1.59. The molecular weight excluding hydrogens is 326 g/mol. The third-order valence-corrected chi connectivity index (χ3v) is 5.19. The van der Waals surface area contributed by atoms with E-state index in [1.54, 1.807) is 24.3 Å². The second-order valence-corrected chi connectivity index (χ2v) is 7.12. The smallest absolute Gasteiger partial charge is 0.253 e. The van der Waals surface area contributed by atoms with Gasteiger partial charge in [0.25, 0.3) is 5.91 Å². The second-order valence-electron chi connectivity index (χ2n) is 6.68. The van der Waals surface area contributed by atoms with Gasteiger partial charge in [-0.05, 0) is 44.0 Å². The van der Waals surface area contributed by atoms with Gasteiger partial charge >= 0.3 is 0 Å². The Labute approximate surface area is 147 Å². The van der Waals surface area contributed by atoms with E-state index in [1.807, 2.05) is 9.80 Å². The number of amides is 2. The molecule has 2 heterocycles. The molecule has 0 radical (unpaired) electrons. The molecule has 5 nitrogen and oxygen atoms in total. The molecule has 2 amide bonds. The lowest BCUT2D eigenvalue weighted by Crippen LogP contribution is -2.55. The van der Waals surface area contributed by atoms with Crippen LogP contribution in [-0.4, -0.2) is 60.4 Å². The molecule has 130 valence electrons. The van der Waals surface area contributed by atoms with Crippen LogP contribution in [0.25, 0.3) is 0 Å². The molecule has 2 fully saturated rings. The Bertz CT molecular complexity index is 605. The monoisotopic (exact) mass is 349 g/mol. The van der Waals surface area contributed by atoms with Crippen LogP contribution in [0.2, 0.25) is 5.02 Å². The van der Waals surface area contributed by atoms with Gasteiger partial charge in [0, 0.05) is 49.4 Å². The van der Waals surface area contributed by atoms with Crippen molar-refractivity contribution in [1.82, 2.24) is 15.1 Å². The summed E-state index contributed by atoms with van der Waals surface area (Å²) in [7, 11) is 0. The topological polar surface area (TPSA) is 52.7 Å². The molecule has 6 heteroatoms. The summed E-state index contributed by atoms with van der Waals surface area (Å²) >= 11 is 5.89. The summed E-state index contributed by atoms with van der Waals surface area (Å²) in [5.41, 5.74) is 0.628. The average Bonchev–Trinajstić information content (AvgIpc) is 2.62. The predicted molar refractivity (Wildman–Crippen MR) is 94.1 cm³/mol. The first-order valence-corrected chi connectivity index (χ1v) is 9.00. The van der Waals surface area contributed by atoms with Crippen molar-refractivity contribution < 1.29 is 9.59 Å². The molecule has 24 heavy (non-hydrogen) atoms. The van der Waals surface area contributed by atoms with Crippen LogP contribution in [0.5, 0.6) is 0 Å². The van der Waals surface area contributed by atoms with Gasteiger partial charge < -0.3 is 15.1 Å². The lowest BCUT2D eigenvalue weighted by molar-refractivity contribution is -0.139. The summed E-state index contributed by atoms with van der Waals surface area (Å²) in [4.78, 5) is 29.3. The lowest BCUT2D eigenvalue weighted by Gasteiger charge is -2.39. The van der Waals surface area contributed by atoms with Gasteiger partial charge in [-0.15, -0.1) is 0 Å². The zero-order valence-corrected chi connectivity index (χ0v) is 14.8. The molecule has 0 spiro atoms. The van der Waals surface area contributed by atoms with Gasteiger partial charge in [-0.3, -0.25) is 9.59 Å². The molecule has 3 rings (SSSR count). The summed E-state index contributed by atoms with van der Waals surface area (Å²) in [5.74, 6) is 0.0886. The average molecular weight is 350 g/mol. The molecule has 1 unspecified atom stereocenters. The minimum Gasteiger partial charge on any atom is -0.338 e. The number of likely N-dealkylation sites (tertiary alicyclic amines) is 1. The van der Waals surface area contributed by atoms with E-state index in [9.17, 15) is 9.59 Å². The highest BCUT2D eigenvalue weighted by molar-refractivity contribution is 6.30. The number of piperazine rings is 1. The van der Waals surface area contributed by atoms with Crippen LogP contribution in [0.3, 0.4) is 0 Å². The van der Waals surface area contributed by atoms with Crippen LogP contribution in [0.15, 0.2) is 24.3 Å². The number of benzene rings is 1. The molecule has 1 aromatic rings. The van der Waals surface area contributed by atoms with E-state index in [4.69, 9.17) is 11.6 Å². The Balaban J connectivity index is 1.66. The van der Waals surface area contributed by atoms with E-state index >= 15 is 0 Å². The van der Waals surface area contributed by atoms with Crippen molar-refractivity contribution in [2.45, 2.75) is 25.8 Å². The van der Waals surface area contributed by atoms with E-state index in [0.29, 0.717) is 23.7 Å². The quantitative estimate of drug-likeness (QED) is 0.888. The largest absolute Gasteiger partial charge is 0.338 e. The molecule has 1 aromatic carbocycles. The maximum absolute atomic E-state index is 12.9. The maximum Gasteiger partial charge on any atom is 0.253 e. The summed E-state index contributed by atoms with van der Waals surface area (Å²) < 4.78 is 0. The summed E-state index contributed by atoms with van der Waals surface area (Å²) in [6.07, 6.45) is 1.73. The molecule has 2 aliphatic heterocycles. The van der Waals surface area contributed by atoms with Crippen molar-refractivity contribution in [1.29, 1.82) is 0 Å². The molecule has 0 aromatic heterocycles. The number of hydrogen-bond donors (Lipinski definition) is 1. The molecule has 2 atom stereocenters. The van der Waals surface area contributed by atoms with Gasteiger partial charge in [0.2, 0.25) is 5.91 Å². The van der Waals surface area contributed by atoms with Crippen LogP contribution in [0, 0.1) is 5.92 Å². The number of rotatable bonds is 2. The van der Waals surface area contributed by atoms with Crippen molar-refractivity contribution >= 4 is 23.4 Å². The fourth-order valence-corrected chi connectivity index (χ4v) is 3.67. The number of nitrogens with one attached hydrogen (secondary N) is 1. The summed E-state index contributed by atoms with van der Waals surface area (Å²) in [6.45, 7) is 5.73. The number of hydrogen-bond acceptors (Lipinski definition) is 3. The van der Waals surface area contributed by atoms with E-state index in [1.165, 1.54) is 0 Å². The van der Waals surface area contributed by atoms with Crippen LogP contribution >= 0.6 is 11.6 Å². The van der Waals surface area contributed by atoms with Crippen molar-refractivity contribution in [3.63, 3.8) is 0 Å². The molecule has 0 saturated carbocycles. The highest BCUT2D eigenvalue weighted by atomic mass is 35.5. The van der Waals surface area contributed by atoms with Gasteiger partial charge in [0.1, 0.15) is 0 Å². The molecule has 0 bridgehead atoms. The van der Waals surface area contributed by atoms with Crippen molar-refractivity contribution in [3.05, 3.63) is 34.9 Å². The minimum atomic E-state index is -0.0875. The van der Waals surface area contributed by atoms with Gasteiger partial charge in [-0.1, -0.05) is 11.6 Å². The fourth-order valence-electron chi connectivity index (χ4n) is 3.54. The first kappa shape index (κ1) is 17.2. The Morgan fingerprint density at radius 1 is 1.21 bits per heavy atom. The van der Waals surface area contributed by atoms with Crippen molar-refractivity contribution in [2.75, 3.05) is 32.7 Å². The predicted octanol–water partition coefficient (Wildman–Crippen LogP) is 2.01. The number of halogens is 1. The molecule has 1 N–H and O–H groups in total. The van der Waals surface area contributed by atoms with E-state index in [2.05, 4.69) is 12.2 Å². The number of nitrogens with zero attached hydrogens (tertiary/aromatic N) is 2. The van der Waals surface area contributed by atoms with Gasteiger partial charge in [-0.2, -0.15) is 0 Å². The van der Waals surface area contributed by atoms with Gasteiger partial charge in [0.15, 0.2) is 0 Å². The highest BCUT2D eigenvalue weighted by Gasteiger charge is 2.33. The third kappa shape index (κ3) is 3.73. The van der Waals surface area contributed by atoms with Crippen LogP contribution < -0.4 is 5.32 Å². The Kier molecular flexibility index (Phi) is 5.41. The SMILES string of the molecule is C[C@H]1CNCCN1C(=O)C1CCCN(C(=O)c2ccc(Cl)cc2)C1. The maximum atomic E-state index is 12.9. The zero-order chi connectivity index (χ0) is 17.1. The summed E-state index contributed by atoms with van der Waals surface area (Å²) in [6, 6.07) is 7.16. The third-order valence-electron chi connectivity index (χ3n) is 4.93. The van der Waals surface area contributed by atoms with E-state index in [0.717, 1.165) is 32.5 Å². The Morgan fingerprint density at radius 2 is 1.96 bits per heavy atom. The minimum absolute atomic E-state index is 0.0162. The van der Waals surface area contributed by atoms with Gasteiger partial charge in [0.05, 0.1) is 5.92 Å². The second kappa shape index (κ2) is 7.53. The standard InChI is InChI=1S/C18H24ClN3O2/c1-13-11-20-8-10-22(13)18(24)15-3-2-9-21(12-15)17(23)14-4-6-16(19)7-5-14/h4-7,13,15,20H,2-3,8-12H2,1H3/t13-,15?/m0/s1. The van der Waals surface area contributed by atoms with Crippen LogP contribution in [0.1, 0.15) is 30.1 Å². The van der Waals surface area contributed by atoms with Crippen molar-refractivity contribution in [2.24, 2.45) is 5.92 Å². The number of piperidine rings is 1. The van der Waals surface area contributed by atoms with Crippen molar-refractivity contribution in [3.8, 4) is 0 Å². The number of carbonyl (C=O) groups is 2. The van der Waals surface area contributed by atoms with E-state index < -0.39 is 0 Å². The Morgan fingerprint density at radius 3 is 2.67 bits per heavy atom. The highest BCUT2D eigenvalue weighted by Crippen LogP contribution is 2.22. The van der Waals surface area contributed by atoms with Crippen LogP contribution in [-0.2, 0) is 4.79 Å². The van der Waals surface area contributed by atoms with Gasteiger partial charge in [-0.25, -0.2) is 0 Å². The summed E-state index contributed by atoms with van der Waals surface area (Å²) in [5, 5.41) is 3.92. The first-order chi connectivity index (χ1) is 11.6. The fraction of sp³-hybridized carbons (Fsp3) is 0.556. The lowest BCUT2D eigenvalue weighted by atomic mass is 9.95. The van der Waals surface area contributed by atoms with Crippen LogP contribution in [0.4, 0.5) is 0 Å². The number of carbonyl (C=O) groups excluding carboxylic acids is 2. The zero-order valence-electron chi connectivity index (χ0n) is 14.0. The molecule has 2 saturated heterocycles. The molecule has 2 aliphatic rings.